The summed E-state index contributed by atoms with van der Waals surface area (Å²) in [4.78, 5) is 10.8. The fourth-order valence-corrected chi connectivity index (χ4v) is 2.18. The van der Waals surface area contributed by atoms with E-state index < -0.39 is 23.0 Å². The van der Waals surface area contributed by atoms with Crippen LogP contribution in [0.4, 0.5) is 8.78 Å². The van der Waals surface area contributed by atoms with E-state index in [0.29, 0.717) is 12.8 Å². The van der Waals surface area contributed by atoms with E-state index in [0.717, 1.165) is 12.1 Å². The number of hydrogen-bond donors (Lipinski definition) is 1. The molecule has 0 aliphatic heterocycles. The minimum Gasteiger partial charge on any atom is -0.493 e. The molecule has 0 heterocycles. The van der Waals surface area contributed by atoms with Crippen molar-refractivity contribution in [1.29, 1.82) is 0 Å². The summed E-state index contributed by atoms with van der Waals surface area (Å²) in [6.45, 7) is 0. The molecule has 0 aromatic heterocycles. The van der Waals surface area contributed by atoms with Gasteiger partial charge in [0, 0.05) is 11.0 Å². The number of rotatable bonds is 4. The second-order valence-electron chi connectivity index (χ2n) is 4.29. The molecule has 1 N–H and O–H groups in total. The van der Waals surface area contributed by atoms with Gasteiger partial charge in [0.05, 0.1) is 13.5 Å². The van der Waals surface area contributed by atoms with Crippen LogP contribution in [0.2, 0.25) is 0 Å². The van der Waals surface area contributed by atoms with Crippen LogP contribution in [-0.4, -0.2) is 18.2 Å². The van der Waals surface area contributed by atoms with E-state index in [1.165, 1.54) is 7.11 Å². The smallest absolute Gasteiger partial charge is 0.304 e. The van der Waals surface area contributed by atoms with E-state index in [2.05, 4.69) is 0 Å². The molecule has 1 aliphatic carbocycles. The number of methoxy groups -OCH3 is 1. The van der Waals surface area contributed by atoms with Gasteiger partial charge in [-0.2, -0.15) is 0 Å². The Morgan fingerprint density at radius 2 is 2.00 bits per heavy atom. The summed E-state index contributed by atoms with van der Waals surface area (Å²) in [6.07, 6.45) is 0.871. The quantitative estimate of drug-likeness (QED) is 0.882. The Bertz CT molecular complexity index is 467. The first-order valence-electron chi connectivity index (χ1n) is 5.24. The number of carboxylic acid groups (broad SMARTS) is 1. The number of benzene rings is 1. The Kier molecular flexibility index (Phi) is 2.77. The largest absolute Gasteiger partial charge is 0.493 e. The van der Waals surface area contributed by atoms with Gasteiger partial charge < -0.3 is 9.84 Å². The van der Waals surface area contributed by atoms with Crippen molar-refractivity contribution >= 4 is 5.97 Å². The fourth-order valence-electron chi connectivity index (χ4n) is 2.18. The van der Waals surface area contributed by atoms with Gasteiger partial charge in [-0.05, 0) is 25.0 Å². The van der Waals surface area contributed by atoms with E-state index in [9.17, 15) is 13.6 Å². The average Bonchev–Trinajstić information content (AvgIpc) is 3.00. The molecule has 17 heavy (non-hydrogen) atoms. The van der Waals surface area contributed by atoms with Crippen molar-refractivity contribution in [2.45, 2.75) is 24.7 Å². The number of halogens is 2. The molecule has 0 bridgehead atoms. The molecule has 1 aromatic carbocycles. The zero-order chi connectivity index (χ0) is 12.6. The van der Waals surface area contributed by atoms with E-state index in [-0.39, 0.29) is 17.7 Å². The van der Waals surface area contributed by atoms with Crippen molar-refractivity contribution in [3.05, 3.63) is 29.3 Å². The fraction of sp³-hybridized carbons (Fsp3) is 0.417. The maximum atomic E-state index is 13.8. The standard InChI is InChI=1S/C12H12F2O3/c1-17-11-8(14)3-2-7(13)10(11)12(4-5-12)6-9(15)16/h2-3H,4-6H2,1H3,(H,15,16). The van der Waals surface area contributed by atoms with Crippen LogP contribution in [0.25, 0.3) is 0 Å². The van der Waals surface area contributed by atoms with Gasteiger partial charge in [0.2, 0.25) is 0 Å². The molecular weight excluding hydrogens is 230 g/mol. The van der Waals surface area contributed by atoms with Crippen molar-refractivity contribution in [2.24, 2.45) is 0 Å². The lowest BCUT2D eigenvalue weighted by atomic mass is 9.91. The SMILES string of the molecule is COc1c(F)ccc(F)c1C1(CC(=O)O)CC1. The zero-order valence-corrected chi connectivity index (χ0v) is 9.30. The van der Waals surface area contributed by atoms with Crippen LogP contribution in [0.5, 0.6) is 5.75 Å². The van der Waals surface area contributed by atoms with E-state index in [1.807, 2.05) is 0 Å². The van der Waals surface area contributed by atoms with Crippen molar-refractivity contribution in [1.82, 2.24) is 0 Å². The number of ether oxygens (including phenoxy) is 1. The first kappa shape index (κ1) is 11.8. The maximum absolute atomic E-state index is 13.8. The first-order valence-corrected chi connectivity index (χ1v) is 5.24. The molecule has 0 amide bonds. The summed E-state index contributed by atoms with van der Waals surface area (Å²) in [5.74, 6) is -2.47. The topological polar surface area (TPSA) is 46.5 Å². The highest BCUT2D eigenvalue weighted by molar-refractivity contribution is 5.70. The lowest BCUT2D eigenvalue weighted by Gasteiger charge is -2.18. The molecule has 0 spiro atoms. The van der Waals surface area contributed by atoms with Crippen molar-refractivity contribution in [3.8, 4) is 5.75 Å². The lowest BCUT2D eigenvalue weighted by molar-refractivity contribution is -0.137. The van der Waals surface area contributed by atoms with Gasteiger partial charge in [0.15, 0.2) is 11.6 Å². The summed E-state index contributed by atoms with van der Waals surface area (Å²) in [5.41, 5.74) is -0.744. The molecular formula is C12H12F2O3. The summed E-state index contributed by atoms with van der Waals surface area (Å²) in [6, 6.07) is 1.99. The predicted molar refractivity (Wildman–Crippen MR) is 56.1 cm³/mol. The van der Waals surface area contributed by atoms with E-state index >= 15 is 0 Å². The van der Waals surface area contributed by atoms with Crippen molar-refractivity contribution in [2.75, 3.05) is 7.11 Å². The van der Waals surface area contributed by atoms with Crippen LogP contribution in [0.15, 0.2) is 12.1 Å². The van der Waals surface area contributed by atoms with Gasteiger partial charge >= 0.3 is 5.97 Å². The molecule has 3 nitrogen and oxygen atoms in total. The second kappa shape index (κ2) is 3.98. The highest BCUT2D eigenvalue weighted by Gasteiger charge is 2.50. The van der Waals surface area contributed by atoms with Crippen LogP contribution in [0.1, 0.15) is 24.8 Å². The minimum atomic E-state index is -1.02. The molecule has 1 saturated carbocycles. The molecule has 0 atom stereocenters. The Hall–Kier alpha value is -1.65. The Labute approximate surface area is 97.0 Å². The highest BCUT2D eigenvalue weighted by atomic mass is 19.1. The molecule has 1 aliphatic rings. The monoisotopic (exact) mass is 242 g/mol. The molecule has 1 aromatic rings. The third-order valence-electron chi connectivity index (χ3n) is 3.14. The molecule has 2 rings (SSSR count). The van der Waals surface area contributed by atoms with Crippen molar-refractivity contribution < 1.29 is 23.4 Å². The highest BCUT2D eigenvalue weighted by Crippen LogP contribution is 2.55. The van der Waals surface area contributed by atoms with Gasteiger partial charge in [-0.25, -0.2) is 8.78 Å². The molecule has 1 fully saturated rings. The Morgan fingerprint density at radius 1 is 1.41 bits per heavy atom. The van der Waals surface area contributed by atoms with Crippen LogP contribution < -0.4 is 4.74 Å². The summed E-state index contributed by atoms with van der Waals surface area (Å²) in [5, 5.41) is 8.82. The molecule has 5 heteroatoms. The second-order valence-corrected chi connectivity index (χ2v) is 4.29. The van der Waals surface area contributed by atoms with E-state index in [4.69, 9.17) is 9.84 Å². The first-order chi connectivity index (χ1) is 8.00. The zero-order valence-electron chi connectivity index (χ0n) is 9.30. The molecule has 0 unspecified atom stereocenters. The van der Waals surface area contributed by atoms with Crippen LogP contribution in [0, 0.1) is 11.6 Å². The summed E-state index contributed by atoms with van der Waals surface area (Å²) >= 11 is 0. The van der Waals surface area contributed by atoms with Gasteiger partial charge in [-0.1, -0.05) is 0 Å². The normalized spacial score (nSPS) is 16.6. The minimum absolute atomic E-state index is 0.0578. The predicted octanol–water partition coefficient (Wildman–Crippen LogP) is 2.48. The van der Waals surface area contributed by atoms with Crippen LogP contribution in [-0.2, 0) is 10.2 Å². The lowest BCUT2D eigenvalue weighted by Crippen LogP contribution is -2.16. The third kappa shape index (κ3) is 1.97. The summed E-state index contributed by atoms with van der Waals surface area (Å²) < 4.78 is 32.1. The Morgan fingerprint density at radius 3 is 2.47 bits per heavy atom. The molecule has 0 saturated heterocycles. The average molecular weight is 242 g/mol. The van der Waals surface area contributed by atoms with Crippen molar-refractivity contribution in [3.63, 3.8) is 0 Å². The maximum Gasteiger partial charge on any atom is 0.304 e. The number of hydrogen-bond acceptors (Lipinski definition) is 2. The molecule has 92 valence electrons. The molecule has 0 radical (unpaired) electrons. The van der Waals surface area contributed by atoms with Crippen LogP contribution >= 0.6 is 0 Å². The van der Waals surface area contributed by atoms with Gasteiger partial charge in [0.1, 0.15) is 5.82 Å². The number of carbonyl (C=O) groups is 1. The summed E-state index contributed by atoms with van der Waals surface area (Å²) in [7, 11) is 1.25. The Balaban J connectivity index is 2.51. The van der Waals surface area contributed by atoms with Gasteiger partial charge in [-0.15, -0.1) is 0 Å². The van der Waals surface area contributed by atoms with Gasteiger partial charge in [0.25, 0.3) is 0 Å². The number of carboxylic acids is 1. The van der Waals surface area contributed by atoms with Crippen LogP contribution in [0.3, 0.4) is 0 Å². The number of aliphatic carboxylic acids is 1. The van der Waals surface area contributed by atoms with E-state index in [1.54, 1.807) is 0 Å². The third-order valence-corrected chi connectivity index (χ3v) is 3.14. The van der Waals surface area contributed by atoms with Gasteiger partial charge in [-0.3, -0.25) is 4.79 Å².